The molecule has 0 radical (unpaired) electrons. The van der Waals surface area contributed by atoms with Crippen molar-refractivity contribution in [3.63, 3.8) is 0 Å². The average molecular weight is 278 g/mol. The third-order valence-corrected chi connectivity index (χ3v) is 5.30. The van der Waals surface area contributed by atoms with E-state index in [1.807, 2.05) is 11.4 Å². The molecule has 0 spiro atoms. The molecule has 1 aromatic heterocycles. The lowest BCUT2D eigenvalue weighted by molar-refractivity contribution is 0.386. The summed E-state index contributed by atoms with van der Waals surface area (Å²) < 4.78 is 0. The van der Waals surface area contributed by atoms with Crippen molar-refractivity contribution in [2.24, 2.45) is 11.7 Å². The molecule has 1 aliphatic carbocycles. The van der Waals surface area contributed by atoms with Gasteiger partial charge in [-0.15, -0.1) is 11.3 Å². The Morgan fingerprint density at radius 3 is 2.72 bits per heavy atom. The van der Waals surface area contributed by atoms with Crippen LogP contribution in [0.15, 0.2) is 35.7 Å². The van der Waals surface area contributed by atoms with Crippen LogP contribution in [0.5, 0.6) is 0 Å². The summed E-state index contributed by atoms with van der Waals surface area (Å²) in [5.41, 5.74) is 9.34. The minimum absolute atomic E-state index is 0.0749. The van der Waals surface area contributed by atoms with Gasteiger partial charge in [-0.2, -0.15) is 0 Å². The molecule has 3 rings (SSSR count). The monoisotopic (exact) mass is 277 g/mol. The zero-order chi connectivity index (χ0) is 12.5. The fraction of sp³-hybridized carbons (Fsp3) is 0.333. The lowest BCUT2D eigenvalue weighted by Crippen LogP contribution is -2.26. The molecular weight excluding hydrogens is 262 g/mol. The molecule has 0 amide bonds. The molecule has 0 saturated heterocycles. The SMILES string of the molecule is NC(c1sccc1Cl)C1CCc2ccccc2C1. The molecule has 2 atom stereocenters. The molecule has 0 fully saturated rings. The number of benzene rings is 1. The van der Waals surface area contributed by atoms with E-state index in [2.05, 4.69) is 24.3 Å². The van der Waals surface area contributed by atoms with E-state index in [1.54, 1.807) is 11.3 Å². The lowest BCUT2D eigenvalue weighted by atomic mass is 9.80. The number of nitrogens with two attached hydrogens (primary N) is 1. The van der Waals surface area contributed by atoms with Crippen LogP contribution in [0.4, 0.5) is 0 Å². The van der Waals surface area contributed by atoms with Gasteiger partial charge in [-0.3, -0.25) is 0 Å². The van der Waals surface area contributed by atoms with E-state index in [9.17, 15) is 0 Å². The van der Waals surface area contributed by atoms with Crippen LogP contribution >= 0.6 is 22.9 Å². The normalized spacial score (nSPS) is 20.4. The first-order chi connectivity index (χ1) is 8.75. The molecule has 2 N–H and O–H groups in total. The molecule has 1 heterocycles. The van der Waals surface area contributed by atoms with Crippen molar-refractivity contribution in [3.05, 3.63) is 56.7 Å². The Balaban J connectivity index is 1.82. The van der Waals surface area contributed by atoms with Gasteiger partial charge in [-0.25, -0.2) is 0 Å². The van der Waals surface area contributed by atoms with Gasteiger partial charge in [0.25, 0.3) is 0 Å². The summed E-state index contributed by atoms with van der Waals surface area (Å²) in [6.45, 7) is 0. The Hall–Kier alpha value is -0.830. The smallest absolute Gasteiger partial charge is 0.0561 e. The predicted molar refractivity (Wildman–Crippen MR) is 78.2 cm³/mol. The van der Waals surface area contributed by atoms with E-state index in [-0.39, 0.29) is 6.04 Å². The van der Waals surface area contributed by atoms with Gasteiger partial charge in [0.15, 0.2) is 0 Å². The van der Waals surface area contributed by atoms with Crippen LogP contribution in [0.3, 0.4) is 0 Å². The maximum absolute atomic E-state index is 6.40. The first-order valence-electron chi connectivity index (χ1n) is 6.31. The van der Waals surface area contributed by atoms with Crippen LogP contribution < -0.4 is 5.73 Å². The number of fused-ring (bicyclic) bond motifs is 1. The Morgan fingerprint density at radius 1 is 1.22 bits per heavy atom. The predicted octanol–water partition coefficient (Wildman–Crippen LogP) is 4.21. The Kier molecular flexibility index (Phi) is 3.42. The molecule has 1 aliphatic rings. The van der Waals surface area contributed by atoms with Crippen LogP contribution in [0.2, 0.25) is 5.02 Å². The van der Waals surface area contributed by atoms with E-state index >= 15 is 0 Å². The number of halogens is 1. The number of aryl methyl sites for hydroxylation is 1. The quantitative estimate of drug-likeness (QED) is 0.874. The van der Waals surface area contributed by atoms with E-state index in [0.29, 0.717) is 5.92 Å². The van der Waals surface area contributed by atoms with Crippen molar-refractivity contribution in [1.82, 2.24) is 0 Å². The molecule has 0 saturated carbocycles. The third-order valence-electron chi connectivity index (χ3n) is 3.84. The molecule has 0 bridgehead atoms. The first-order valence-corrected chi connectivity index (χ1v) is 7.56. The molecule has 18 heavy (non-hydrogen) atoms. The maximum atomic E-state index is 6.40. The van der Waals surface area contributed by atoms with Crippen LogP contribution in [0.1, 0.15) is 28.5 Å². The number of thiophene rings is 1. The highest BCUT2D eigenvalue weighted by Crippen LogP contribution is 2.37. The van der Waals surface area contributed by atoms with Gasteiger partial charge < -0.3 is 5.73 Å². The molecule has 2 unspecified atom stereocenters. The Bertz CT molecular complexity index is 549. The first kappa shape index (κ1) is 12.2. The van der Waals surface area contributed by atoms with Gasteiger partial charge in [-0.1, -0.05) is 35.9 Å². The number of rotatable bonds is 2. The Morgan fingerprint density at radius 2 is 2.00 bits per heavy atom. The second-order valence-corrected chi connectivity index (χ2v) is 6.29. The topological polar surface area (TPSA) is 26.0 Å². The van der Waals surface area contributed by atoms with Gasteiger partial charge >= 0.3 is 0 Å². The number of hydrogen-bond acceptors (Lipinski definition) is 2. The highest BCUT2D eigenvalue weighted by molar-refractivity contribution is 7.10. The highest BCUT2D eigenvalue weighted by atomic mass is 35.5. The fourth-order valence-corrected chi connectivity index (χ4v) is 4.07. The second-order valence-electron chi connectivity index (χ2n) is 4.93. The molecule has 1 aromatic carbocycles. The van der Waals surface area contributed by atoms with Gasteiger partial charge in [0.05, 0.1) is 5.02 Å². The summed E-state index contributed by atoms with van der Waals surface area (Å²) in [6, 6.07) is 10.7. The molecule has 2 aromatic rings. The molecule has 94 valence electrons. The summed E-state index contributed by atoms with van der Waals surface area (Å²) in [6.07, 6.45) is 3.37. The van der Waals surface area contributed by atoms with Crippen LogP contribution in [0.25, 0.3) is 0 Å². The standard InChI is InChI=1S/C15H16ClNS/c16-13-7-8-18-15(13)14(17)12-6-5-10-3-1-2-4-11(10)9-12/h1-4,7-8,12,14H,5-6,9,17H2. The van der Waals surface area contributed by atoms with Gasteiger partial charge in [0.2, 0.25) is 0 Å². The largest absolute Gasteiger partial charge is 0.323 e. The minimum atomic E-state index is 0.0749. The molecular formula is C15H16ClNS. The summed E-state index contributed by atoms with van der Waals surface area (Å²) in [5.74, 6) is 0.510. The third kappa shape index (κ3) is 2.20. The van der Waals surface area contributed by atoms with Crippen LogP contribution in [0, 0.1) is 5.92 Å². The minimum Gasteiger partial charge on any atom is -0.323 e. The molecule has 0 aliphatic heterocycles. The maximum Gasteiger partial charge on any atom is 0.0561 e. The summed E-state index contributed by atoms with van der Waals surface area (Å²) in [4.78, 5) is 1.14. The van der Waals surface area contributed by atoms with Gasteiger partial charge in [0, 0.05) is 10.9 Å². The second kappa shape index (κ2) is 5.04. The van der Waals surface area contributed by atoms with Crippen molar-refractivity contribution in [3.8, 4) is 0 Å². The summed E-state index contributed by atoms with van der Waals surface area (Å²) in [5, 5.41) is 2.85. The summed E-state index contributed by atoms with van der Waals surface area (Å²) in [7, 11) is 0. The van der Waals surface area contributed by atoms with Gasteiger partial charge in [0.1, 0.15) is 0 Å². The van der Waals surface area contributed by atoms with Crippen LogP contribution in [-0.2, 0) is 12.8 Å². The average Bonchev–Trinajstić information content (AvgIpc) is 2.83. The van der Waals surface area contributed by atoms with E-state index in [0.717, 1.165) is 29.2 Å². The zero-order valence-electron chi connectivity index (χ0n) is 10.1. The van der Waals surface area contributed by atoms with E-state index < -0.39 is 0 Å². The van der Waals surface area contributed by atoms with Crippen molar-refractivity contribution in [2.45, 2.75) is 25.3 Å². The molecule has 3 heteroatoms. The summed E-state index contributed by atoms with van der Waals surface area (Å²) >= 11 is 7.86. The lowest BCUT2D eigenvalue weighted by Gasteiger charge is -2.29. The number of hydrogen-bond donors (Lipinski definition) is 1. The highest BCUT2D eigenvalue weighted by Gasteiger charge is 2.26. The van der Waals surface area contributed by atoms with E-state index in [4.69, 9.17) is 17.3 Å². The molecule has 1 nitrogen and oxygen atoms in total. The van der Waals surface area contributed by atoms with Crippen molar-refractivity contribution < 1.29 is 0 Å². The van der Waals surface area contributed by atoms with Crippen LogP contribution in [-0.4, -0.2) is 0 Å². The zero-order valence-corrected chi connectivity index (χ0v) is 11.7. The fourth-order valence-electron chi connectivity index (χ4n) is 2.79. The van der Waals surface area contributed by atoms with Crippen molar-refractivity contribution in [2.75, 3.05) is 0 Å². The van der Waals surface area contributed by atoms with E-state index in [1.165, 1.54) is 11.1 Å². The van der Waals surface area contributed by atoms with Gasteiger partial charge in [-0.05, 0) is 47.8 Å². The van der Waals surface area contributed by atoms with Crippen molar-refractivity contribution >= 4 is 22.9 Å². The Labute approximate surface area is 117 Å². The van der Waals surface area contributed by atoms with Crippen molar-refractivity contribution in [1.29, 1.82) is 0 Å².